The number of piperazine rings is 1. The predicted octanol–water partition coefficient (Wildman–Crippen LogP) is 2.19. The smallest absolute Gasteiger partial charge is 0.161 e. The van der Waals surface area contributed by atoms with Crippen molar-refractivity contribution in [2.45, 2.75) is 32.4 Å². The average molecular weight is 336 g/mol. The number of aliphatic hydroxyl groups is 1. The number of fused-ring (bicyclic) bond motifs is 1. The molecule has 1 aliphatic heterocycles. The van der Waals surface area contributed by atoms with E-state index in [4.69, 9.17) is 0 Å². The zero-order valence-electron chi connectivity index (χ0n) is 14.1. The minimum atomic E-state index is -0.919. The monoisotopic (exact) mass is 336 g/mol. The maximum absolute atomic E-state index is 13.4. The molecule has 2 heterocycles. The van der Waals surface area contributed by atoms with Gasteiger partial charge in [0.25, 0.3) is 0 Å². The Labute approximate surface area is 139 Å². The van der Waals surface area contributed by atoms with Crippen molar-refractivity contribution in [3.8, 4) is 0 Å². The Morgan fingerprint density at radius 2 is 1.88 bits per heavy atom. The van der Waals surface area contributed by atoms with Gasteiger partial charge in [-0.05, 0) is 20.8 Å². The highest BCUT2D eigenvalue weighted by molar-refractivity contribution is 5.75. The lowest BCUT2D eigenvalue weighted by Gasteiger charge is -2.42. The Bertz CT molecular complexity index is 747. The van der Waals surface area contributed by atoms with Gasteiger partial charge in [0.15, 0.2) is 11.6 Å². The summed E-state index contributed by atoms with van der Waals surface area (Å²) in [6, 6.07) is 2.32. The van der Waals surface area contributed by atoms with Gasteiger partial charge < -0.3 is 10.0 Å². The maximum atomic E-state index is 13.4. The molecule has 1 atom stereocenters. The topological polar surface area (TPSA) is 52.5 Å². The summed E-state index contributed by atoms with van der Waals surface area (Å²) in [5.41, 5.74) is -0.0461. The second-order valence-electron chi connectivity index (χ2n) is 7.07. The van der Waals surface area contributed by atoms with Crippen LogP contribution in [0, 0.1) is 11.6 Å². The highest BCUT2D eigenvalue weighted by Crippen LogP contribution is 2.22. The Hall–Kier alpha value is -1.86. The molecule has 5 nitrogen and oxygen atoms in total. The highest BCUT2D eigenvalue weighted by atomic mass is 19.2. The van der Waals surface area contributed by atoms with Crippen molar-refractivity contribution >= 4 is 16.9 Å². The van der Waals surface area contributed by atoms with E-state index >= 15 is 0 Å². The molecule has 0 aliphatic carbocycles. The fourth-order valence-electron chi connectivity index (χ4n) is 3.20. The largest absolute Gasteiger partial charge is 0.389 e. The first kappa shape index (κ1) is 17.0. The summed E-state index contributed by atoms with van der Waals surface area (Å²) in [5, 5.41) is 9.96. The Morgan fingerprint density at radius 3 is 2.50 bits per heavy atom. The van der Waals surface area contributed by atoms with Crippen LogP contribution in [0.1, 0.15) is 20.8 Å². The molecule has 1 aromatic carbocycles. The van der Waals surface area contributed by atoms with E-state index in [1.165, 1.54) is 0 Å². The van der Waals surface area contributed by atoms with Crippen LogP contribution in [0.15, 0.2) is 18.3 Å². The second-order valence-corrected chi connectivity index (χ2v) is 7.07. The van der Waals surface area contributed by atoms with Crippen LogP contribution < -0.4 is 4.90 Å². The molecule has 3 rings (SSSR count). The van der Waals surface area contributed by atoms with Gasteiger partial charge in [0.1, 0.15) is 5.82 Å². The SMILES string of the molecule is CC1CN(CC(C)(C)O)CCN1c1cnc2cc(F)c(F)cc2n1. The number of rotatable bonds is 3. The quantitative estimate of drug-likeness (QED) is 0.931. The molecule has 0 spiro atoms. The summed E-state index contributed by atoms with van der Waals surface area (Å²) in [5.74, 6) is -1.18. The van der Waals surface area contributed by atoms with Crippen LogP contribution in [-0.2, 0) is 0 Å². The van der Waals surface area contributed by atoms with Gasteiger partial charge in [0.05, 0.1) is 22.8 Å². The third kappa shape index (κ3) is 3.62. The van der Waals surface area contributed by atoms with Crippen molar-refractivity contribution in [1.29, 1.82) is 0 Å². The second kappa shape index (κ2) is 6.22. The van der Waals surface area contributed by atoms with Crippen molar-refractivity contribution in [2.75, 3.05) is 31.1 Å². The van der Waals surface area contributed by atoms with Gasteiger partial charge in [-0.15, -0.1) is 0 Å². The van der Waals surface area contributed by atoms with Crippen LogP contribution in [0.2, 0.25) is 0 Å². The third-order valence-corrected chi connectivity index (χ3v) is 4.19. The third-order valence-electron chi connectivity index (χ3n) is 4.19. The summed E-state index contributed by atoms with van der Waals surface area (Å²) in [7, 11) is 0. The molecule has 2 aromatic rings. The number of hydrogen-bond acceptors (Lipinski definition) is 5. The summed E-state index contributed by atoms with van der Waals surface area (Å²) >= 11 is 0. The Kier molecular flexibility index (Phi) is 4.40. The van der Waals surface area contributed by atoms with E-state index in [1.807, 2.05) is 0 Å². The van der Waals surface area contributed by atoms with Gasteiger partial charge in [0, 0.05) is 44.4 Å². The number of halogens is 2. The van der Waals surface area contributed by atoms with E-state index in [-0.39, 0.29) is 6.04 Å². The minimum Gasteiger partial charge on any atom is -0.389 e. The molecule has 130 valence electrons. The van der Waals surface area contributed by atoms with Crippen LogP contribution in [-0.4, -0.2) is 57.8 Å². The highest BCUT2D eigenvalue weighted by Gasteiger charge is 2.28. The van der Waals surface area contributed by atoms with E-state index in [0.29, 0.717) is 23.4 Å². The lowest BCUT2D eigenvalue weighted by atomic mass is 10.1. The molecule has 7 heteroatoms. The summed E-state index contributed by atoms with van der Waals surface area (Å²) < 4.78 is 26.7. The number of β-amino-alcohol motifs (C(OH)–C–C–N with tert-alkyl or cyclic N) is 1. The predicted molar refractivity (Wildman–Crippen MR) is 89.0 cm³/mol. The van der Waals surface area contributed by atoms with Gasteiger partial charge in [-0.1, -0.05) is 0 Å². The molecular weight excluding hydrogens is 314 g/mol. The molecule has 0 radical (unpaired) electrons. The molecule has 0 amide bonds. The van der Waals surface area contributed by atoms with Crippen LogP contribution in [0.3, 0.4) is 0 Å². The van der Waals surface area contributed by atoms with Crippen LogP contribution in [0.25, 0.3) is 11.0 Å². The van der Waals surface area contributed by atoms with Gasteiger partial charge in [0.2, 0.25) is 0 Å². The lowest BCUT2D eigenvalue weighted by molar-refractivity contribution is 0.0307. The lowest BCUT2D eigenvalue weighted by Crippen LogP contribution is -2.55. The zero-order valence-corrected chi connectivity index (χ0v) is 14.1. The minimum absolute atomic E-state index is 0.179. The first-order valence-electron chi connectivity index (χ1n) is 8.06. The fraction of sp³-hybridized carbons (Fsp3) is 0.529. The van der Waals surface area contributed by atoms with Gasteiger partial charge in [-0.25, -0.2) is 13.8 Å². The summed E-state index contributed by atoms with van der Waals surface area (Å²) in [4.78, 5) is 13.0. The molecule has 0 bridgehead atoms. The molecule has 1 fully saturated rings. The van der Waals surface area contributed by atoms with Crippen molar-refractivity contribution in [1.82, 2.24) is 14.9 Å². The van der Waals surface area contributed by atoms with Crippen molar-refractivity contribution in [3.05, 3.63) is 30.0 Å². The zero-order chi connectivity index (χ0) is 17.5. The van der Waals surface area contributed by atoms with E-state index in [2.05, 4.69) is 26.7 Å². The van der Waals surface area contributed by atoms with E-state index in [0.717, 1.165) is 31.8 Å². The number of anilines is 1. The number of benzene rings is 1. The van der Waals surface area contributed by atoms with Crippen molar-refractivity contribution in [3.63, 3.8) is 0 Å². The standard InChI is InChI=1S/C17H22F2N4O/c1-11-9-22(10-17(2,3)24)4-5-23(11)16-8-20-14-6-12(18)13(19)7-15(14)21-16/h6-8,11,24H,4-5,9-10H2,1-3H3. The van der Waals surface area contributed by atoms with Crippen molar-refractivity contribution in [2.24, 2.45) is 0 Å². The molecule has 1 aliphatic rings. The molecule has 0 saturated carbocycles. The Morgan fingerprint density at radius 1 is 1.21 bits per heavy atom. The van der Waals surface area contributed by atoms with Crippen LogP contribution in [0.5, 0.6) is 0 Å². The molecule has 24 heavy (non-hydrogen) atoms. The number of nitrogens with zero attached hydrogens (tertiary/aromatic N) is 4. The molecular formula is C17H22F2N4O. The normalized spacial score (nSPS) is 19.9. The van der Waals surface area contributed by atoms with Crippen LogP contribution in [0.4, 0.5) is 14.6 Å². The molecule has 1 N–H and O–H groups in total. The van der Waals surface area contributed by atoms with Gasteiger partial charge in [-0.2, -0.15) is 0 Å². The van der Waals surface area contributed by atoms with Gasteiger partial charge in [-0.3, -0.25) is 9.88 Å². The van der Waals surface area contributed by atoms with E-state index in [1.54, 1.807) is 20.0 Å². The summed E-state index contributed by atoms with van der Waals surface area (Å²) in [6.45, 7) is 8.61. The van der Waals surface area contributed by atoms with E-state index in [9.17, 15) is 13.9 Å². The Balaban J connectivity index is 1.80. The van der Waals surface area contributed by atoms with E-state index < -0.39 is 17.2 Å². The molecule has 1 unspecified atom stereocenters. The average Bonchev–Trinajstić information content (AvgIpc) is 2.46. The van der Waals surface area contributed by atoms with Crippen molar-refractivity contribution < 1.29 is 13.9 Å². The number of aromatic nitrogens is 2. The first-order chi connectivity index (χ1) is 11.2. The van der Waals surface area contributed by atoms with Crippen LogP contribution >= 0.6 is 0 Å². The first-order valence-corrected chi connectivity index (χ1v) is 8.06. The maximum Gasteiger partial charge on any atom is 0.161 e. The van der Waals surface area contributed by atoms with Gasteiger partial charge >= 0.3 is 0 Å². The number of hydrogen-bond donors (Lipinski definition) is 1. The molecule has 1 aromatic heterocycles. The fourth-order valence-corrected chi connectivity index (χ4v) is 3.20. The molecule has 1 saturated heterocycles. The summed E-state index contributed by atoms with van der Waals surface area (Å²) in [6.07, 6.45) is 1.60.